The zero-order chi connectivity index (χ0) is 20.2. The maximum atomic E-state index is 12.6. The van der Waals surface area contributed by atoms with Gasteiger partial charge in [0.2, 0.25) is 5.91 Å². The SMILES string of the molecule is O=C(CCn1cnc2ccc(Br)cc2c1=O)Nc1cccc(N2CCCCC2)c1. The number of fused-ring (bicyclic) bond motifs is 1. The molecule has 3 aromatic rings. The van der Waals surface area contributed by atoms with Crippen molar-refractivity contribution >= 4 is 44.1 Å². The van der Waals surface area contributed by atoms with E-state index < -0.39 is 0 Å². The van der Waals surface area contributed by atoms with Gasteiger partial charge in [0.15, 0.2) is 0 Å². The molecule has 1 aromatic heterocycles. The molecule has 29 heavy (non-hydrogen) atoms. The van der Waals surface area contributed by atoms with Gasteiger partial charge in [0.25, 0.3) is 5.56 Å². The maximum absolute atomic E-state index is 12.6. The van der Waals surface area contributed by atoms with Crippen LogP contribution in [-0.4, -0.2) is 28.5 Å². The Hall–Kier alpha value is -2.67. The monoisotopic (exact) mass is 454 g/mol. The van der Waals surface area contributed by atoms with Crippen LogP contribution >= 0.6 is 15.9 Å². The lowest BCUT2D eigenvalue weighted by Crippen LogP contribution is -2.29. The van der Waals surface area contributed by atoms with Crippen molar-refractivity contribution < 1.29 is 4.79 Å². The van der Waals surface area contributed by atoms with Crippen molar-refractivity contribution in [3.8, 4) is 0 Å². The van der Waals surface area contributed by atoms with Crippen LogP contribution in [0.5, 0.6) is 0 Å². The summed E-state index contributed by atoms with van der Waals surface area (Å²) in [5, 5.41) is 3.49. The van der Waals surface area contributed by atoms with Gasteiger partial charge in [-0.05, 0) is 55.7 Å². The van der Waals surface area contributed by atoms with Gasteiger partial charge in [-0.15, -0.1) is 0 Å². The third-order valence-corrected chi connectivity index (χ3v) is 5.71. The molecule has 150 valence electrons. The van der Waals surface area contributed by atoms with Gasteiger partial charge in [0.1, 0.15) is 0 Å². The molecule has 1 N–H and O–H groups in total. The summed E-state index contributed by atoms with van der Waals surface area (Å²) in [7, 11) is 0. The van der Waals surface area contributed by atoms with E-state index >= 15 is 0 Å². The number of carbonyl (C=O) groups is 1. The average molecular weight is 455 g/mol. The first-order valence-corrected chi connectivity index (χ1v) is 10.7. The van der Waals surface area contributed by atoms with Crippen molar-refractivity contribution in [1.82, 2.24) is 9.55 Å². The Labute approximate surface area is 177 Å². The molecule has 4 rings (SSSR count). The van der Waals surface area contributed by atoms with E-state index in [1.165, 1.54) is 30.2 Å². The fourth-order valence-electron chi connectivity index (χ4n) is 3.67. The van der Waals surface area contributed by atoms with E-state index in [0.717, 1.165) is 28.9 Å². The van der Waals surface area contributed by atoms with Crippen LogP contribution in [0, 0.1) is 0 Å². The van der Waals surface area contributed by atoms with Crippen LogP contribution in [0.25, 0.3) is 10.9 Å². The van der Waals surface area contributed by atoms with Crippen LogP contribution in [0.1, 0.15) is 25.7 Å². The van der Waals surface area contributed by atoms with Crippen LogP contribution in [0.3, 0.4) is 0 Å². The Bertz CT molecular complexity index is 1090. The predicted molar refractivity (Wildman–Crippen MR) is 119 cm³/mol. The van der Waals surface area contributed by atoms with Crippen molar-refractivity contribution in [2.24, 2.45) is 0 Å². The number of anilines is 2. The number of nitrogens with zero attached hydrogens (tertiary/aromatic N) is 3. The zero-order valence-corrected chi connectivity index (χ0v) is 17.7. The molecule has 1 amide bonds. The van der Waals surface area contributed by atoms with Crippen LogP contribution in [0.15, 0.2) is 58.1 Å². The van der Waals surface area contributed by atoms with E-state index in [1.54, 1.807) is 12.1 Å². The molecule has 1 fully saturated rings. The first-order chi connectivity index (χ1) is 14.1. The number of hydrogen-bond donors (Lipinski definition) is 1. The molecule has 0 bridgehead atoms. The maximum Gasteiger partial charge on any atom is 0.261 e. The molecule has 1 aliphatic heterocycles. The van der Waals surface area contributed by atoms with Crippen molar-refractivity contribution in [2.45, 2.75) is 32.2 Å². The van der Waals surface area contributed by atoms with Crippen LogP contribution < -0.4 is 15.8 Å². The first kappa shape index (κ1) is 19.6. The molecule has 7 heteroatoms. The van der Waals surface area contributed by atoms with E-state index in [2.05, 4.69) is 37.2 Å². The molecule has 0 radical (unpaired) electrons. The van der Waals surface area contributed by atoms with Crippen molar-refractivity contribution in [2.75, 3.05) is 23.3 Å². The summed E-state index contributed by atoms with van der Waals surface area (Å²) in [5.41, 5.74) is 2.43. The summed E-state index contributed by atoms with van der Waals surface area (Å²) in [6.45, 7) is 2.41. The summed E-state index contributed by atoms with van der Waals surface area (Å²) < 4.78 is 2.31. The minimum Gasteiger partial charge on any atom is -0.371 e. The van der Waals surface area contributed by atoms with Crippen molar-refractivity contribution in [1.29, 1.82) is 0 Å². The molecule has 2 aromatic carbocycles. The zero-order valence-electron chi connectivity index (χ0n) is 16.1. The highest BCUT2D eigenvalue weighted by molar-refractivity contribution is 9.10. The third-order valence-electron chi connectivity index (χ3n) is 5.22. The lowest BCUT2D eigenvalue weighted by Gasteiger charge is -2.29. The van der Waals surface area contributed by atoms with Gasteiger partial charge in [0.05, 0.1) is 17.2 Å². The van der Waals surface area contributed by atoms with E-state index in [-0.39, 0.29) is 24.4 Å². The molecular formula is C22H23BrN4O2. The van der Waals surface area contributed by atoms with E-state index in [0.29, 0.717) is 10.9 Å². The van der Waals surface area contributed by atoms with Gasteiger partial charge in [-0.3, -0.25) is 14.2 Å². The number of carbonyl (C=O) groups excluding carboxylic acids is 1. The molecule has 0 saturated carbocycles. The number of rotatable bonds is 5. The van der Waals surface area contributed by atoms with E-state index in [1.807, 2.05) is 24.3 Å². The molecular weight excluding hydrogens is 432 g/mol. The largest absolute Gasteiger partial charge is 0.371 e. The molecule has 0 aliphatic carbocycles. The second kappa shape index (κ2) is 8.78. The fraction of sp³-hybridized carbons (Fsp3) is 0.318. The summed E-state index contributed by atoms with van der Waals surface area (Å²) in [6.07, 6.45) is 5.41. The Morgan fingerprint density at radius 2 is 1.93 bits per heavy atom. The molecule has 0 unspecified atom stereocenters. The molecule has 0 atom stereocenters. The van der Waals surface area contributed by atoms with Gasteiger partial charge < -0.3 is 10.2 Å². The number of hydrogen-bond acceptors (Lipinski definition) is 4. The standard InChI is InChI=1S/C22H23BrN4O2/c23-16-7-8-20-19(13-16)22(29)27(15-24-20)12-9-21(28)25-17-5-4-6-18(14-17)26-10-2-1-3-11-26/h4-8,13-15H,1-3,9-12H2,(H,25,28). The van der Waals surface area contributed by atoms with E-state index in [4.69, 9.17) is 0 Å². The number of aromatic nitrogens is 2. The minimum absolute atomic E-state index is 0.123. The highest BCUT2D eigenvalue weighted by atomic mass is 79.9. The predicted octanol–water partition coefficient (Wildman–Crippen LogP) is 4.18. The molecule has 2 heterocycles. The minimum atomic E-state index is -0.142. The topological polar surface area (TPSA) is 67.2 Å². The number of piperidine rings is 1. The molecule has 1 aliphatic rings. The lowest BCUT2D eigenvalue weighted by molar-refractivity contribution is -0.116. The summed E-state index contributed by atoms with van der Waals surface area (Å²) >= 11 is 3.38. The lowest BCUT2D eigenvalue weighted by atomic mass is 10.1. The Morgan fingerprint density at radius 1 is 1.10 bits per heavy atom. The number of benzene rings is 2. The van der Waals surface area contributed by atoms with Crippen LogP contribution in [-0.2, 0) is 11.3 Å². The third kappa shape index (κ3) is 4.67. The number of halogens is 1. The van der Waals surface area contributed by atoms with Gasteiger partial charge in [-0.1, -0.05) is 22.0 Å². The van der Waals surface area contributed by atoms with Crippen molar-refractivity contribution in [3.05, 3.63) is 63.6 Å². The van der Waals surface area contributed by atoms with E-state index in [9.17, 15) is 9.59 Å². The number of amides is 1. The second-order valence-corrected chi connectivity index (χ2v) is 8.22. The van der Waals surface area contributed by atoms with Crippen LogP contribution in [0.4, 0.5) is 11.4 Å². The highest BCUT2D eigenvalue weighted by Crippen LogP contribution is 2.23. The molecule has 1 saturated heterocycles. The van der Waals surface area contributed by atoms with Gasteiger partial charge in [0, 0.05) is 41.9 Å². The second-order valence-electron chi connectivity index (χ2n) is 7.30. The Morgan fingerprint density at radius 3 is 2.76 bits per heavy atom. The first-order valence-electron chi connectivity index (χ1n) is 9.90. The number of nitrogens with one attached hydrogen (secondary N) is 1. The quantitative estimate of drug-likeness (QED) is 0.627. The smallest absolute Gasteiger partial charge is 0.261 e. The van der Waals surface area contributed by atoms with Gasteiger partial charge in [-0.25, -0.2) is 4.98 Å². The van der Waals surface area contributed by atoms with Crippen LogP contribution in [0.2, 0.25) is 0 Å². The average Bonchev–Trinajstić information content (AvgIpc) is 2.74. The van der Waals surface area contributed by atoms with Gasteiger partial charge >= 0.3 is 0 Å². The highest BCUT2D eigenvalue weighted by Gasteiger charge is 2.12. The Balaban J connectivity index is 1.41. The van der Waals surface area contributed by atoms with Gasteiger partial charge in [-0.2, -0.15) is 0 Å². The van der Waals surface area contributed by atoms with Crippen molar-refractivity contribution in [3.63, 3.8) is 0 Å². The molecule has 0 spiro atoms. The summed E-state index contributed by atoms with van der Waals surface area (Å²) in [5.74, 6) is -0.123. The summed E-state index contributed by atoms with van der Waals surface area (Å²) in [4.78, 5) is 31.7. The summed E-state index contributed by atoms with van der Waals surface area (Å²) in [6, 6.07) is 13.4. The normalized spacial score (nSPS) is 14.2. The fourth-order valence-corrected chi connectivity index (χ4v) is 4.03. The number of aryl methyl sites for hydroxylation is 1. The molecule has 6 nitrogen and oxygen atoms in total. The Kier molecular flexibility index (Phi) is 5.94.